The molecule has 1 N–H and O–H groups in total. The average Bonchev–Trinajstić information content (AvgIpc) is 2.96. The van der Waals surface area contributed by atoms with Gasteiger partial charge in [-0.2, -0.15) is 0 Å². The number of benzene rings is 2. The van der Waals surface area contributed by atoms with Crippen molar-refractivity contribution in [1.29, 1.82) is 0 Å². The number of nitrogens with zero attached hydrogens (tertiary/aromatic N) is 1. The monoisotopic (exact) mass is 308 g/mol. The fourth-order valence-corrected chi connectivity index (χ4v) is 3.00. The highest BCUT2D eigenvalue weighted by molar-refractivity contribution is 5.95. The molecule has 0 aliphatic carbocycles. The highest BCUT2D eigenvalue weighted by atomic mass is 16.2. The van der Waals surface area contributed by atoms with Gasteiger partial charge in [-0.1, -0.05) is 30.3 Å². The lowest BCUT2D eigenvalue weighted by Crippen LogP contribution is -2.25. The molecule has 0 spiro atoms. The summed E-state index contributed by atoms with van der Waals surface area (Å²) in [5, 5.41) is 2.96. The zero-order chi connectivity index (χ0) is 16.4. The van der Waals surface area contributed by atoms with Crippen LogP contribution in [0, 0.1) is 6.92 Å². The molecular formula is C19H20N2O2. The molecule has 2 aromatic rings. The number of amides is 2. The normalized spacial score (nSPS) is 12.9. The van der Waals surface area contributed by atoms with Crippen LogP contribution in [0.2, 0.25) is 0 Å². The lowest BCUT2D eigenvalue weighted by atomic mass is 10.1. The van der Waals surface area contributed by atoms with Gasteiger partial charge in [-0.25, -0.2) is 0 Å². The van der Waals surface area contributed by atoms with E-state index in [1.807, 2.05) is 43.3 Å². The molecule has 0 atom stereocenters. The Labute approximate surface area is 136 Å². The molecule has 0 bridgehead atoms. The van der Waals surface area contributed by atoms with E-state index in [-0.39, 0.29) is 11.8 Å². The Morgan fingerprint density at radius 3 is 2.70 bits per heavy atom. The highest BCUT2D eigenvalue weighted by Crippen LogP contribution is 2.28. The molecule has 1 heterocycles. The number of rotatable bonds is 3. The van der Waals surface area contributed by atoms with Crippen molar-refractivity contribution in [1.82, 2.24) is 5.32 Å². The van der Waals surface area contributed by atoms with E-state index in [1.54, 1.807) is 11.8 Å². The molecule has 0 fully saturated rings. The van der Waals surface area contributed by atoms with Crippen LogP contribution in [-0.4, -0.2) is 18.4 Å². The van der Waals surface area contributed by atoms with E-state index in [1.165, 1.54) is 5.56 Å². The molecule has 0 unspecified atom stereocenters. The summed E-state index contributed by atoms with van der Waals surface area (Å²) in [6.45, 7) is 4.75. The second kappa shape index (κ2) is 6.24. The smallest absolute Gasteiger partial charge is 0.251 e. The quantitative estimate of drug-likeness (QED) is 0.948. The number of carbonyl (C=O) groups is 2. The Morgan fingerprint density at radius 1 is 1.17 bits per heavy atom. The molecule has 2 amide bonds. The number of hydrogen-bond acceptors (Lipinski definition) is 2. The summed E-state index contributed by atoms with van der Waals surface area (Å²) >= 11 is 0. The predicted molar refractivity (Wildman–Crippen MR) is 90.5 cm³/mol. The Balaban J connectivity index is 1.69. The molecule has 3 rings (SSSR count). The third kappa shape index (κ3) is 3.11. The van der Waals surface area contributed by atoms with Crippen molar-refractivity contribution < 1.29 is 9.59 Å². The van der Waals surface area contributed by atoms with Crippen LogP contribution in [0.15, 0.2) is 42.5 Å². The number of fused-ring (bicyclic) bond motifs is 1. The van der Waals surface area contributed by atoms with Crippen LogP contribution in [-0.2, 0) is 17.8 Å². The van der Waals surface area contributed by atoms with Gasteiger partial charge in [0.2, 0.25) is 5.91 Å². The zero-order valence-electron chi connectivity index (χ0n) is 13.4. The largest absolute Gasteiger partial charge is 0.348 e. The number of aryl methyl sites for hydroxylation is 1. The predicted octanol–water partition coefficient (Wildman–Crippen LogP) is 2.83. The maximum Gasteiger partial charge on any atom is 0.251 e. The van der Waals surface area contributed by atoms with Crippen molar-refractivity contribution in [3.05, 3.63) is 64.7 Å². The number of carbonyl (C=O) groups excluding carboxylic acids is 2. The first-order chi connectivity index (χ1) is 11.1. The lowest BCUT2D eigenvalue weighted by molar-refractivity contribution is -0.116. The summed E-state index contributed by atoms with van der Waals surface area (Å²) in [4.78, 5) is 25.6. The van der Waals surface area contributed by atoms with E-state index < -0.39 is 0 Å². The fraction of sp³-hybridized carbons (Fsp3) is 0.263. The summed E-state index contributed by atoms with van der Waals surface area (Å²) in [7, 11) is 0. The minimum absolute atomic E-state index is 0.0611. The second-order valence-electron chi connectivity index (χ2n) is 5.88. The van der Waals surface area contributed by atoms with Crippen LogP contribution in [0.1, 0.15) is 34.0 Å². The first-order valence-corrected chi connectivity index (χ1v) is 7.80. The maximum atomic E-state index is 12.2. The first-order valence-electron chi connectivity index (χ1n) is 7.80. The van der Waals surface area contributed by atoms with E-state index in [0.29, 0.717) is 12.1 Å². The van der Waals surface area contributed by atoms with Crippen molar-refractivity contribution in [2.24, 2.45) is 0 Å². The van der Waals surface area contributed by atoms with E-state index in [4.69, 9.17) is 0 Å². The second-order valence-corrected chi connectivity index (χ2v) is 5.88. The molecule has 118 valence electrons. The molecule has 0 radical (unpaired) electrons. The highest BCUT2D eigenvalue weighted by Gasteiger charge is 2.22. The summed E-state index contributed by atoms with van der Waals surface area (Å²) < 4.78 is 0. The molecule has 0 saturated heterocycles. The first kappa shape index (κ1) is 15.3. The molecule has 1 aliphatic rings. The maximum absolute atomic E-state index is 12.2. The SMILES string of the molecule is CC(=O)N1CCc2cc(CNC(=O)c3ccccc3C)ccc21. The number of nitrogens with one attached hydrogen (secondary N) is 1. The van der Waals surface area contributed by atoms with Crippen molar-refractivity contribution in [2.75, 3.05) is 11.4 Å². The molecular weight excluding hydrogens is 288 g/mol. The van der Waals surface area contributed by atoms with Gasteiger partial charge in [0.15, 0.2) is 0 Å². The van der Waals surface area contributed by atoms with Crippen molar-refractivity contribution in [3.8, 4) is 0 Å². The molecule has 2 aromatic carbocycles. The van der Waals surface area contributed by atoms with Gasteiger partial charge in [0.25, 0.3) is 5.91 Å². The topological polar surface area (TPSA) is 49.4 Å². The van der Waals surface area contributed by atoms with Crippen LogP contribution in [0.25, 0.3) is 0 Å². The Hall–Kier alpha value is -2.62. The van der Waals surface area contributed by atoms with Crippen LogP contribution in [0.3, 0.4) is 0 Å². The number of hydrogen-bond donors (Lipinski definition) is 1. The molecule has 0 saturated carbocycles. The third-order valence-electron chi connectivity index (χ3n) is 4.26. The van der Waals surface area contributed by atoms with E-state index in [9.17, 15) is 9.59 Å². The molecule has 23 heavy (non-hydrogen) atoms. The Kier molecular flexibility index (Phi) is 4.15. The lowest BCUT2D eigenvalue weighted by Gasteiger charge is -2.15. The van der Waals surface area contributed by atoms with Crippen LogP contribution in [0.4, 0.5) is 5.69 Å². The van der Waals surface area contributed by atoms with Gasteiger partial charge in [-0.15, -0.1) is 0 Å². The van der Waals surface area contributed by atoms with Gasteiger partial charge in [0.1, 0.15) is 0 Å². The van der Waals surface area contributed by atoms with E-state index in [2.05, 4.69) is 11.4 Å². The van der Waals surface area contributed by atoms with Crippen LogP contribution >= 0.6 is 0 Å². The zero-order valence-corrected chi connectivity index (χ0v) is 13.4. The van der Waals surface area contributed by atoms with Crippen LogP contribution in [0.5, 0.6) is 0 Å². The van der Waals surface area contributed by atoms with Crippen molar-refractivity contribution in [2.45, 2.75) is 26.8 Å². The summed E-state index contributed by atoms with van der Waals surface area (Å²) in [6, 6.07) is 13.6. The van der Waals surface area contributed by atoms with Gasteiger partial charge in [0, 0.05) is 31.3 Å². The fourth-order valence-electron chi connectivity index (χ4n) is 3.00. The van der Waals surface area contributed by atoms with E-state index in [0.717, 1.165) is 29.8 Å². The van der Waals surface area contributed by atoms with Gasteiger partial charge in [0.05, 0.1) is 0 Å². The van der Waals surface area contributed by atoms with E-state index >= 15 is 0 Å². The standard InChI is InChI=1S/C19H20N2O2/c1-13-5-3-4-6-17(13)19(23)20-12-15-7-8-18-16(11-15)9-10-21(18)14(2)22/h3-8,11H,9-10,12H2,1-2H3,(H,20,23). The van der Waals surface area contributed by atoms with Gasteiger partial charge >= 0.3 is 0 Å². The molecule has 4 heteroatoms. The minimum Gasteiger partial charge on any atom is -0.348 e. The number of anilines is 1. The minimum atomic E-state index is -0.0611. The van der Waals surface area contributed by atoms with Gasteiger partial charge in [-0.3, -0.25) is 9.59 Å². The van der Waals surface area contributed by atoms with Crippen molar-refractivity contribution >= 4 is 17.5 Å². The van der Waals surface area contributed by atoms with Crippen LogP contribution < -0.4 is 10.2 Å². The summed E-state index contributed by atoms with van der Waals surface area (Å²) in [5.74, 6) is 0.0123. The summed E-state index contributed by atoms with van der Waals surface area (Å²) in [6.07, 6.45) is 0.870. The Morgan fingerprint density at radius 2 is 1.96 bits per heavy atom. The van der Waals surface area contributed by atoms with Gasteiger partial charge < -0.3 is 10.2 Å². The summed E-state index contributed by atoms with van der Waals surface area (Å²) in [5.41, 5.74) is 4.89. The average molecular weight is 308 g/mol. The molecule has 0 aromatic heterocycles. The van der Waals surface area contributed by atoms with Crippen molar-refractivity contribution in [3.63, 3.8) is 0 Å². The molecule has 1 aliphatic heterocycles. The molecule has 4 nitrogen and oxygen atoms in total. The van der Waals surface area contributed by atoms with Gasteiger partial charge in [-0.05, 0) is 42.2 Å². The third-order valence-corrected chi connectivity index (χ3v) is 4.26. The Bertz CT molecular complexity index is 768.